The number of halogens is 2. The number of carbonyl (C=O) groups excluding carboxylic acids is 1. The van der Waals surface area contributed by atoms with E-state index in [-0.39, 0.29) is 11.6 Å². The van der Waals surface area contributed by atoms with Gasteiger partial charge in [0.15, 0.2) is 5.69 Å². The predicted octanol–water partition coefficient (Wildman–Crippen LogP) is 2.75. The second-order valence-electron chi connectivity index (χ2n) is 5.68. The maximum Gasteiger partial charge on any atom is 0.329 e. The van der Waals surface area contributed by atoms with Gasteiger partial charge in [-0.25, -0.2) is 18.6 Å². The van der Waals surface area contributed by atoms with Crippen LogP contribution < -0.4 is 5.32 Å². The number of aromatic nitrogens is 1. The molecule has 1 amide bonds. The van der Waals surface area contributed by atoms with Crippen LogP contribution in [0.4, 0.5) is 8.78 Å². The van der Waals surface area contributed by atoms with E-state index in [4.69, 9.17) is 4.42 Å². The number of benzene rings is 1. The number of rotatable bonds is 4. The lowest BCUT2D eigenvalue weighted by molar-refractivity contribution is -0.144. The van der Waals surface area contributed by atoms with E-state index in [2.05, 4.69) is 10.3 Å². The summed E-state index contributed by atoms with van der Waals surface area (Å²) in [5, 5.41) is 11.8. The summed E-state index contributed by atoms with van der Waals surface area (Å²) in [6, 6.07) is 3.28. The number of amides is 1. The molecule has 126 valence electrons. The quantitative estimate of drug-likeness (QED) is 0.895. The van der Waals surface area contributed by atoms with Crippen molar-refractivity contribution < 1.29 is 27.9 Å². The van der Waals surface area contributed by atoms with Gasteiger partial charge in [0.05, 0.1) is 0 Å². The minimum Gasteiger partial charge on any atom is -0.480 e. The van der Waals surface area contributed by atoms with Gasteiger partial charge >= 0.3 is 5.97 Å². The Bertz CT molecular complexity index is 777. The predicted molar refractivity (Wildman–Crippen MR) is 78.2 cm³/mol. The molecule has 0 radical (unpaired) electrons. The molecule has 8 heteroatoms. The molecule has 1 fully saturated rings. The zero-order valence-corrected chi connectivity index (χ0v) is 12.5. The van der Waals surface area contributed by atoms with Crippen molar-refractivity contribution in [3.63, 3.8) is 0 Å². The molecule has 1 aromatic carbocycles. The fraction of sp³-hybridized carbons (Fsp3) is 0.312. The molecule has 2 N–H and O–H groups in total. The van der Waals surface area contributed by atoms with Crippen molar-refractivity contribution in [3.05, 3.63) is 41.8 Å². The number of oxazole rings is 1. The number of carboxylic acid groups (broad SMARTS) is 1. The van der Waals surface area contributed by atoms with Crippen LogP contribution in [0.25, 0.3) is 11.5 Å². The Hall–Kier alpha value is -2.77. The molecule has 24 heavy (non-hydrogen) atoms. The Morgan fingerprint density at radius 3 is 2.42 bits per heavy atom. The SMILES string of the molecule is O=C(NC1(C(=O)O)CCCC1)c1coc(-c2c(F)cccc2F)n1. The van der Waals surface area contributed by atoms with Crippen LogP contribution in [0.2, 0.25) is 0 Å². The van der Waals surface area contributed by atoms with Crippen molar-refractivity contribution in [2.45, 2.75) is 31.2 Å². The monoisotopic (exact) mass is 336 g/mol. The summed E-state index contributed by atoms with van der Waals surface area (Å²) >= 11 is 0. The first-order valence-corrected chi connectivity index (χ1v) is 7.39. The van der Waals surface area contributed by atoms with Crippen LogP contribution >= 0.6 is 0 Å². The third-order valence-electron chi connectivity index (χ3n) is 4.13. The van der Waals surface area contributed by atoms with Crippen LogP contribution in [0.3, 0.4) is 0 Å². The maximum absolute atomic E-state index is 13.7. The Labute approximate surface area is 135 Å². The van der Waals surface area contributed by atoms with Crippen LogP contribution in [-0.4, -0.2) is 27.5 Å². The summed E-state index contributed by atoms with van der Waals surface area (Å²) in [7, 11) is 0. The minimum absolute atomic E-state index is 0.236. The number of carboxylic acids is 1. The van der Waals surface area contributed by atoms with Gasteiger partial charge < -0.3 is 14.8 Å². The molecular weight excluding hydrogens is 322 g/mol. The first-order valence-electron chi connectivity index (χ1n) is 7.39. The normalized spacial score (nSPS) is 16.1. The van der Waals surface area contributed by atoms with Crippen LogP contribution in [0.15, 0.2) is 28.9 Å². The molecule has 0 atom stereocenters. The lowest BCUT2D eigenvalue weighted by Gasteiger charge is -2.24. The molecule has 2 aromatic rings. The summed E-state index contributed by atoms with van der Waals surface area (Å²) in [5.74, 6) is -4.00. The first-order chi connectivity index (χ1) is 11.4. The molecule has 1 aliphatic carbocycles. The fourth-order valence-electron chi connectivity index (χ4n) is 2.85. The molecular formula is C16H14F2N2O4. The summed E-state index contributed by atoms with van der Waals surface area (Å²) in [5.41, 5.74) is -2.05. The third-order valence-corrected chi connectivity index (χ3v) is 4.13. The Balaban J connectivity index is 1.85. The second-order valence-corrected chi connectivity index (χ2v) is 5.68. The number of nitrogens with zero attached hydrogens (tertiary/aromatic N) is 1. The van der Waals surface area contributed by atoms with Gasteiger partial charge in [0.25, 0.3) is 5.91 Å². The van der Waals surface area contributed by atoms with Gasteiger partial charge in [0, 0.05) is 0 Å². The molecule has 1 aliphatic rings. The van der Waals surface area contributed by atoms with Crippen molar-refractivity contribution in [3.8, 4) is 11.5 Å². The third kappa shape index (κ3) is 2.75. The standard InChI is InChI=1S/C16H14F2N2O4/c17-9-4-3-5-10(18)12(9)14-19-11(8-24-14)13(21)20-16(15(22)23)6-1-2-7-16/h3-5,8H,1-2,6-7H2,(H,20,21)(H,22,23). The Morgan fingerprint density at radius 2 is 1.83 bits per heavy atom. The summed E-state index contributed by atoms with van der Waals surface area (Å²) in [6.45, 7) is 0. The van der Waals surface area contributed by atoms with Crippen LogP contribution in [-0.2, 0) is 4.79 Å². The van der Waals surface area contributed by atoms with Gasteiger partial charge in [-0.05, 0) is 25.0 Å². The number of hydrogen-bond donors (Lipinski definition) is 2. The highest BCUT2D eigenvalue weighted by atomic mass is 19.1. The molecule has 1 heterocycles. The van der Waals surface area contributed by atoms with Crippen LogP contribution in [0.5, 0.6) is 0 Å². The molecule has 3 rings (SSSR count). The van der Waals surface area contributed by atoms with E-state index in [1.165, 1.54) is 6.07 Å². The topological polar surface area (TPSA) is 92.4 Å². The van der Waals surface area contributed by atoms with Crippen LogP contribution in [0.1, 0.15) is 36.2 Å². The van der Waals surface area contributed by atoms with Crippen molar-refractivity contribution in [2.75, 3.05) is 0 Å². The van der Waals surface area contributed by atoms with Crippen molar-refractivity contribution in [2.24, 2.45) is 0 Å². The molecule has 0 unspecified atom stereocenters. The molecule has 0 spiro atoms. The zero-order chi connectivity index (χ0) is 17.3. The largest absolute Gasteiger partial charge is 0.480 e. The minimum atomic E-state index is -1.33. The fourth-order valence-corrected chi connectivity index (χ4v) is 2.85. The first kappa shape index (κ1) is 16.1. The summed E-state index contributed by atoms with van der Waals surface area (Å²) < 4.78 is 32.4. The van der Waals surface area contributed by atoms with Gasteiger partial charge in [-0.1, -0.05) is 18.9 Å². The van der Waals surface area contributed by atoms with Crippen LogP contribution in [0, 0.1) is 11.6 Å². The lowest BCUT2D eigenvalue weighted by atomic mass is 9.98. The number of aliphatic carboxylic acids is 1. The Kier molecular flexibility index (Phi) is 4.04. The lowest BCUT2D eigenvalue weighted by Crippen LogP contribution is -2.52. The summed E-state index contributed by atoms with van der Waals surface area (Å²) in [6.07, 6.45) is 2.97. The highest BCUT2D eigenvalue weighted by Crippen LogP contribution is 2.30. The average molecular weight is 336 g/mol. The number of nitrogens with one attached hydrogen (secondary N) is 1. The van der Waals surface area contributed by atoms with E-state index < -0.39 is 34.6 Å². The molecule has 0 saturated heterocycles. The van der Waals surface area contributed by atoms with Gasteiger partial charge in [-0.2, -0.15) is 0 Å². The molecule has 1 aromatic heterocycles. The van der Waals surface area contributed by atoms with E-state index in [1.54, 1.807) is 0 Å². The summed E-state index contributed by atoms with van der Waals surface area (Å²) in [4.78, 5) is 27.5. The molecule has 0 aliphatic heterocycles. The van der Waals surface area contributed by atoms with E-state index in [1.807, 2.05) is 0 Å². The molecule has 0 bridgehead atoms. The van der Waals surface area contributed by atoms with Gasteiger partial charge in [-0.3, -0.25) is 4.79 Å². The van der Waals surface area contributed by atoms with Gasteiger partial charge in [-0.15, -0.1) is 0 Å². The van der Waals surface area contributed by atoms with Crippen molar-refractivity contribution in [1.29, 1.82) is 0 Å². The second kappa shape index (κ2) is 6.03. The number of carbonyl (C=O) groups is 2. The maximum atomic E-state index is 13.7. The molecule has 6 nitrogen and oxygen atoms in total. The highest BCUT2D eigenvalue weighted by molar-refractivity contribution is 5.96. The number of hydrogen-bond acceptors (Lipinski definition) is 4. The molecule has 1 saturated carbocycles. The average Bonchev–Trinajstić information content (AvgIpc) is 3.17. The highest BCUT2D eigenvalue weighted by Gasteiger charge is 2.43. The van der Waals surface area contributed by atoms with E-state index in [9.17, 15) is 23.5 Å². The van der Waals surface area contributed by atoms with Gasteiger partial charge in [0.1, 0.15) is 29.0 Å². The van der Waals surface area contributed by atoms with Gasteiger partial charge in [0.2, 0.25) is 5.89 Å². The van der Waals surface area contributed by atoms with Crippen molar-refractivity contribution in [1.82, 2.24) is 10.3 Å². The van der Waals surface area contributed by atoms with E-state index in [0.717, 1.165) is 18.4 Å². The van der Waals surface area contributed by atoms with E-state index in [0.29, 0.717) is 25.7 Å². The Morgan fingerprint density at radius 1 is 1.21 bits per heavy atom. The van der Waals surface area contributed by atoms with E-state index >= 15 is 0 Å². The zero-order valence-electron chi connectivity index (χ0n) is 12.5. The van der Waals surface area contributed by atoms with Crippen molar-refractivity contribution >= 4 is 11.9 Å². The smallest absolute Gasteiger partial charge is 0.329 e.